The fourth-order valence-electron chi connectivity index (χ4n) is 1.31. The average Bonchev–Trinajstić information content (AvgIpc) is 2.71. The third kappa shape index (κ3) is 4.61. The Balaban J connectivity index is 2.31. The Morgan fingerprint density at radius 2 is 2.00 bits per heavy atom. The lowest BCUT2D eigenvalue weighted by Crippen LogP contribution is -2.18. The van der Waals surface area contributed by atoms with Crippen LogP contribution in [0, 0.1) is 6.92 Å². The van der Waals surface area contributed by atoms with Crippen molar-refractivity contribution in [1.82, 2.24) is 10.1 Å². The zero-order valence-corrected chi connectivity index (χ0v) is 12.8. The normalized spacial score (nSPS) is 14.1. The van der Waals surface area contributed by atoms with E-state index in [1.54, 1.807) is 32.5 Å². The van der Waals surface area contributed by atoms with E-state index in [1.807, 2.05) is 6.92 Å². The molecule has 0 spiro atoms. The summed E-state index contributed by atoms with van der Waals surface area (Å²) in [5, 5.41) is 3.54. The van der Waals surface area contributed by atoms with Crippen molar-refractivity contribution < 1.29 is 12.9 Å². The molecule has 0 aliphatic carbocycles. The molecule has 0 N–H and O–H groups in total. The van der Waals surface area contributed by atoms with Crippen LogP contribution in [0.2, 0.25) is 0 Å². The summed E-state index contributed by atoms with van der Waals surface area (Å²) in [5.74, 6) is 2.24. The van der Waals surface area contributed by atoms with Gasteiger partial charge in [-0.25, -0.2) is 8.42 Å². The molecule has 18 heavy (non-hydrogen) atoms. The summed E-state index contributed by atoms with van der Waals surface area (Å²) in [6.07, 6.45) is 0.655. The summed E-state index contributed by atoms with van der Waals surface area (Å²) in [5.41, 5.74) is 0. The van der Waals surface area contributed by atoms with E-state index in [0.29, 0.717) is 18.1 Å². The molecule has 5 nitrogen and oxygen atoms in total. The quantitative estimate of drug-likeness (QED) is 0.718. The minimum atomic E-state index is -2.92. The number of thioether (sulfide) groups is 1. The third-order valence-electron chi connectivity index (χ3n) is 2.55. The molecule has 1 heterocycles. The van der Waals surface area contributed by atoms with Gasteiger partial charge in [0.15, 0.2) is 15.7 Å². The van der Waals surface area contributed by atoms with Crippen LogP contribution in [0.1, 0.15) is 44.2 Å². The van der Waals surface area contributed by atoms with Crippen molar-refractivity contribution in [3.05, 3.63) is 11.7 Å². The summed E-state index contributed by atoms with van der Waals surface area (Å²) in [6.45, 7) is 7.19. The van der Waals surface area contributed by atoms with Crippen LogP contribution in [0.15, 0.2) is 4.52 Å². The molecule has 0 fully saturated rings. The Hall–Kier alpha value is -0.560. The average molecular weight is 292 g/mol. The molecule has 0 aliphatic rings. The maximum Gasteiger partial charge on any atom is 0.239 e. The largest absolute Gasteiger partial charge is 0.338 e. The molecule has 0 aromatic carbocycles. The van der Waals surface area contributed by atoms with Crippen molar-refractivity contribution in [3.63, 3.8) is 0 Å². The SMILES string of the molecule is Cc1noc(C(C)SCCCS(=O)(=O)C(C)C)n1. The zero-order valence-electron chi connectivity index (χ0n) is 11.2. The summed E-state index contributed by atoms with van der Waals surface area (Å²) in [4.78, 5) is 4.15. The molecule has 104 valence electrons. The minimum Gasteiger partial charge on any atom is -0.338 e. The number of hydrogen-bond donors (Lipinski definition) is 0. The molecule has 0 saturated heterocycles. The molecule has 1 aromatic heterocycles. The first kappa shape index (κ1) is 15.5. The molecule has 1 aromatic rings. The zero-order chi connectivity index (χ0) is 13.8. The maximum absolute atomic E-state index is 11.6. The summed E-state index contributed by atoms with van der Waals surface area (Å²) >= 11 is 1.63. The number of aryl methyl sites for hydroxylation is 1. The molecule has 0 radical (unpaired) electrons. The van der Waals surface area contributed by atoms with Crippen molar-refractivity contribution in [2.45, 2.75) is 44.6 Å². The summed E-state index contributed by atoms with van der Waals surface area (Å²) in [7, 11) is -2.92. The van der Waals surface area contributed by atoms with Gasteiger partial charge in [0.2, 0.25) is 5.89 Å². The van der Waals surface area contributed by atoms with Gasteiger partial charge in [-0.2, -0.15) is 4.98 Å². The molecule has 1 rings (SSSR count). The predicted octanol–water partition coefficient (Wildman–Crippen LogP) is 2.39. The Kier molecular flexibility index (Phi) is 5.65. The van der Waals surface area contributed by atoms with Gasteiger partial charge in [-0.15, -0.1) is 11.8 Å². The highest BCUT2D eigenvalue weighted by Gasteiger charge is 2.17. The third-order valence-corrected chi connectivity index (χ3v) is 6.07. The smallest absolute Gasteiger partial charge is 0.239 e. The van der Waals surface area contributed by atoms with E-state index in [1.165, 1.54) is 0 Å². The molecule has 7 heteroatoms. The van der Waals surface area contributed by atoms with E-state index in [4.69, 9.17) is 4.52 Å². The molecule has 1 atom stereocenters. The van der Waals surface area contributed by atoms with Crippen LogP contribution in [-0.4, -0.2) is 35.3 Å². The second kappa shape index (κ2) is 6.56. The van der Waals surface area contributed by atoms with Gasteiger partial charge in [-0.3, -0.25) is 0 Å². The van der Waals surface area contributed by atoms with E-state index in [9.17, 15) is 8.42 Å². The fraction of sp³-hybridized carbons (Fsp3) is 0.818. The predicted molar refractivity (Wildman–Crippen MR) is 73.4 cm³/mol. The molecular weight excluding hydrogens is 272 g/mol. The van der Waals surface area contributed by atoms with Gasteiger partial charge in [0.05, 0.1) is 16.3 Å². The summed E-state index contributed by atoms with van der Waals surface area (Å²) < 4.78 is 28.3. The number of hydrogen-bond acceptors (Lipinski definition) is 6. The standard InChI is InChI=1S/C11H20N2O3S2/c1-8(2)18(14,15)7-5-6-17-9(3)11-12-10(4)13-16-11/h8-9H,5-7H2,1-4H3. The highest BCUT2D eigenvalue weighted by molar-refractivity contribution is 7.99. The molecular formula is C11H20N2O3S2. The molecule has 0 amide bonds. The topological polar surface area (TPSA) is 73.1 Å². The van der Waals surface area contributed by atoms with Crippen LogP contribution in [0.3, 0.4) is 0 Å². The summed E-state index contributed by atoms with van der Waals surface area (Å²) in [6, 6.07) is 0. The number of sulfone groups is 1. The molecule has 0 aliphatic heterocycles. The molecule has 0 bridgehead atoms. The van der Waals surface area contributed by atoms with Gasteiger partial charge in [-0.05, 0) is 39.9 Å². The van der Waals surface area contributed by atoms with Gasteiger partial charge in [0.1, 0.15) is 0 Å². The van der Waals surface area contributed by atoms with Crippen molar-refractivity contribution in [1.29, 1.82) is 0 Å². The first-order chi connectivity index (χ1) is 8.33. The maximum atomic E-state index is 11.6. The minimum absolute atomic E-state index is 0.105. The van der Waals surface area contributed by atoms with Gasteiger partial charge in [0.25, 0.3) is 0 Å². The van der Waals surface area contributed by atoms with Crippen LogP contribution in [-0.2, 0) is 9.84 Å². The van der Waals surface area contributed by atoms with Gasteiger partial charge < -0.3 is 4.52 Å². The monoisotopic (exact) mass is 292 g/mol. The van der Waals surface area contributed by atoms with Crippen LogP contribution < -0.4 is 0 Å². The molecule has 0 saturated carbocycles. The van der Waals surface area contributed by atoms with E-state index in [0.717, 1.165) is 5.75 Å². The second-order valence-electron chi connectivity index (χ2n) is 4.46. The molecule has 1 unspecified atom stereocenters. The second-order valence-corrected chi connectivity index (χ2v) is 8.59. The van der Waals surface area contributed by atoms with Crippen molar-refractivity contribution >= 4 is 21.6 Å². The lowest BCUT2D eigenvalue weighted by molar-refractivity contribution is 0.376. The lowest BCUT2D eigenvalue weighted by atomic mass is 10.5. The Morgan fingerprint density at radius 3 is 2.50 bits per heavy atom. The van der Waals surface area contributed by atoms with Crippen LogP contribution in [0.5, 0.6) is 0 Å². The van der Waals surface area contributed by atoms with Gasteiger partial charge >= 0.3 is 0 Å². The highest BCUT2D eigenvalue weighted by atomic mass is 32.2. The Labute approximate surface area is 113 Å². The number of aromatic nitrogens is 2. The Bertz CT molecular complexity index is 468. The van der Waals surface area contributed by atoms with Gasteiger partial charge in [0, 0.05) is 0 Å². The number of rotatable bonds is 7. The van der Waals surface area contributed by atoms with Crippen LogP contribution in [0.25, 0.3) is 0 Å². The van der Waals surface area contributed by atoms with E-state index in [-0.39, 0.29) is 16.3 Å². The van der Waals surface area contributed by atoms with Crippen molar-refractivity contribution in [2.75, 3.05) is 11.5 Å². The van der Waals surface area contributed by atoms with Crippen LogP contribution in [0.4, 0.5) is 0 Å². The van der Waals surface area contributed by atoms with Crippen LogP contribution >= 0.6 is 11.8 Å². The lowest BCUT2D eigenvalue weighted by Gasteiger charge is -2.08. The first-order valence-corrected chi connectivity index (χ1v) is 8.72. The van der Waals surface area contributed by atoms with Gasteiger partial charge in [-0.1, -0.05) is 5.16 Å². The van der Waals surface area contributed by atoms with E-state index >= 15 is 0 Å². The van der Waals surface area contributed by atoms with E-state index < -0.39 is 9.84 Å². The number of nitrogens with zero attached hydrogens (tertiary/aromatic N) is 2. The highest BCUT2D eigenvalue weighted by Crippen LogP contribution is 2.27. The first-order valence-electron chi connectivity index (χ1n) is 5.96. The van der Waals surface area contributed by atoms with Crippen molar-refractivity contribution in [3.8, 4) is 0 Å². The fourth-order valence-corrected chi connectivity index (χ4v) is 3.41. The van der Waals surface area contributed by atoms with Crippen molar-refractivity contribution in [2.24, 2.45) is 0 Å². The Morgan fingerprint density at radius 1 is 1.33 bits per heavy atom. The van der Waals surface area contributed by atoms with E-state index in [2.05, 4.69) is 10.1 Å².